The molecule has 1 aliphatic heterocycles. The summed E-state index contributed by atoms with van der Waals surface area (Å²) in [5.74, 6) is 5.72. The molecule has 26 heavy (non-hydrogen) atoms. The Morgan fingerprint density at radius 1 is 1.12 bits per heavy atom. The van der Waals surface area contributed by atoms with E-state index in [4.69, 9.17) is 0 Å². The van der Waals surface area contributed by atoms with Crippen molar-refractivity contribution < 1.29 is 4.79 Å². The summed E-state index contributed by atoms with van der Waals surface area (Å²) in [6.45, 7) is 2.59. The zero-order valence-corrected chi connectivity index (χ0v) is 15.4. The highest BCUT2D eigenvalue weighted by Crippen LogP contribution is 2.15. The van der Waals surface area contributed by atoms with Crippen LogP contribution in [0.3, 0.4) is 0 Å². The number of hydrogen-bond acceptors (Lipinski definition) is 2. The summed E-state index contributed by atoms with van der Waals surface area (Å²) in [6, 6.07) is 20.7. The quantitative estimate of drug-likeness (QED) is 0.794. The fraction of sp³-hybridized carbons (Fsp3) is 0.348. The molecule has 1 fully saturated rings. The van der Waals surface area contributed by atoms with Crippen LogP contribution < -0.4 is 0 Å². The summed E-state index contributed by atoms with van der Waals surface area (Å²) in [5.41, 5.74) is 2.24. The lowest BCUT2D eigenvalue weighted by molar-refractivity contribution is -0.127. The Balaban J connectivity index is 1.53. The maximum atomic E-state index is 12.5. The Hall–Kier alpha value is -2.57. The van der Waals surface area contributed by atoms with Crippen LogP contribution in [0.1, 0.15) is 24.0 Å². The van der Waals surface area contributed by atoms with Gasteiger partial charge in [0.25, 0.3) is 5.91 Å². The van der Waals surface area contributed by atoms with Crippen LogP contribution in [0.4, 0.5) is 0 Å². The third-order valence-corrected chi connectivity index (χ3v) is 4.99. The summed E-state index contributed by atoms with van der Waals surface area (Å²) >= 11 is 0. The van der Waals surface area contributed by atoms with Crippen molar-refractivity contribution in [3.05, 3.63) is 71.8 Å². The highest BCUT2D eigenvalue weighted by atomic mass is 16.2. The fourth-order valence-corrected chi connectivity index (χ4v) is 3.36. The van der Waals surface area contributed by atoms with Gasteiger partial charge in [-0.15, -0.1) is 0 Å². The number of amides is 1. The molecule has 2 aromatic carbocycles. The first-order valence-corrected chi connectivity index (χ1v) is 9.32. The van der Waals surface area contributed by atoms with E-state index >= 15 is 0 Å². The lowest BCUT2D eigenvalue weighted by atomic mass is 10.0. The molecule has 3 rings (SSSR count). The highest BCUT2D eigenvalue weighted by Gasteiger charge is 2.25. The standard InChI is InChI=1S/C23H26N2O/c1-24(18-16-21-11-6-3-7-12-21)22-13-8-17-25(19-22)23(26)15-14-20-9-4-2-5-10-20/h2-7,9-12,22H,8,13,16-19H2,1H3/t22-/m0/s1. The third-order valence-electron chi connectivity index (χ3n) is 4.99. The van der Waals surface area contributed by atoms with Crippen molar-refractivity contribution in [3.8, 4) is 11.8 Å². The first kappa shape index (κ1) is 18.2. The van der Waals surface area contributed by atoms with Crippen LogP contribution in [0, 0.1) is 11.8 Å². The number of hydrogen-bond donors (Lipinski definition) is 0. The fourth-order valence-electron chi connectivity index (χ4n) is 3.36. The maximum absolute atomic E-state index is 12.5. The molecular formula is C23H26N2O. The van der Waals surface area contributed by atoms with E-state index in [2.05, 4.69) is 48.1 Å². The minimum Gasteiger partial charge on any atom is -0.330 e. The van der Waals surface area contributed by atoms with Crippen molar-refractivity contribution >= 4 is 5.91 Å². The molecule has 1 aliphatic rings. The van der Waals surface area contributed by atoms with Gasteiger partial charge < -0.3 is 9.80 Å². The molecule has 0 aromatic heterocycles. The summed E-state index contributed by atoms with van der Waals surface area (Å²) in [7, 11) is 2.16. The normalized spacial score (nSPS) is 16.8. The van der Waals surface area contributed by atoms with Crippen LogP contribution in [-0.4, -0.2) is 48.4 Å². The molecule has 1 amide bonds. The number of carbonyl (C=O) groups is 1. The van der Waals surface area contributed by atoms with Gasteiger partial charge in [-0.1, -0.05) is 54.5 Å². The van der Waals surface area contributed by atoms with E-state index in [1.807, 2.05) is 41.3 Å². The third kappa shape index (κ3) is 5.21. The van der Waals surface area contributed by atoms with E-state index in [1.54, 1.807) is 0 Å². The molecule has 0 radical (unpaired) electrons. The van der Waals surface area contributed by atoms with E-state index in [1.165, 1.54) is 5.56 Å². The minimum absolute atomic E-state index is 0.0602. The molecule has 3 nitrogen and oxygen atoms in total. The zero-order chi connectivity index (χ0) is 18.2. The molecule has 2 aromatic rings. The molecule has 1 atom stereocenters. The van der Waals surface area contributed by atoms with Crippen molar-refractivity contribution in [3.63, 3.8) is 0 Å². The maximum Gasteiger partial charge on any atom is 0.298 e. The van der Waals surface area contributed by atoms with Crippen molar-refractivity contribution in [1.82, 2.24) is 9.80 Å². The number of nitrogens with zero attached hydrogens (tertiary/aromatic N) is 2. The second kappa shape index (κ2) is 9.22. The predicted molar refractivity (Wildman–Crippen MR) is 106 cm³/mol. The van der Waals surface area contributed by atoms with E-state index in [9.17, 15) is 4.79 Å². The van der Waals surface area contributed by atoms with Gasteiger partial charge in [0.1, 0.15) is 0 Å². The molecule has 0 aliphatic carbocycles. The topological polar surface area (TPSA) is 23.6 Å². The number of benzene rings is 2. The van der Waals surface area contributed by atoms with E-state index in [-0.39, 0.29) is 5.91 Å². The first-order chi connectivity index (χ1) is 12.7. The van der Waals surface area contributed by atoms with Gasteiger partial charge in [0.15, 0.2) is 0 Å². The highest BCUT2D eigenvalue weighted by molar-refractivity contribution is 5.94. The van der Waals surface area contributed by atoms with Crippen molar-refractivity contribution in [1.29, 1.82) is 0 Å². The first-order valence-electron chi connectivity index (χ1n) is 9.32. The molecule has 1 saturated heterocycles. The summed E-state index contributed by atoms with van der Waals surface area (Å²) < 4.78 is 0. The Morgan fingerprint density at radius 3 is 2.54 bits per heavy atom. The van der Waals surface area contributed by atoms with Gasteiger partial charge in [0, 0.05) is 37.2 Å². The molecular weight excluding hydrogens is 320 g/mol. The molecule has 134 valence electrons. The number of rotatable bonds is 4. The second-order valence-corrected chi connectivity index (χ2v) is 6.88. The van der Waals surface area contributed by atoms with Crippen LogP contribution in [0.5, 0.6) is 0 Å². The van der Waals surface area contributed by atoms with Gasteiger partial charge in [0.05, 0.1) is 0 Å². The molecule has 0 bridgehead atoms. The molecule has 1 heterocycles. The number of likely N-dealkylation sites (N-methyl/N-ethyl adjacent to an activating group) is 1. The SMILES string of the molecule is CN(CCc1ccccc1)[C@H]1CCCN(C(=O)C#Cc2ccccc2)C1. The van der Waals surface area contributed by atoms with Gasteiger partial charge in [-0.05, 0) is 44.0 Å². The van der Waals surface area contributed by atoms with Crippen LogP contribution in [0.25, 0.3) is 0 Å². The van der Waals surface area contributed by atoms with Gasteiger partial charge in [-0.3, -0.25) is 4.79 Å². The Morgan fingerprint density at radius 2 is 1.81 bits per heavy atom. The lowest BCUT2D eigenvalue weighted by Gasteiger charge is -2.37. The minimum atomic E-state index is -0.0602. The lowest BCUT2D eigenvalue weighted by Crippen LogP contribution is -2.48. The van der Waals surface area contributed by atoms with E-state index < -0.39 is 0 Å². The number of likely N-dealkylation sites (tertiary alicyclic amines) is 1. The summed E-state index contributed by atoms with van der Waals surface area (Å²) in [6.07, 6.45) is 3.22. The average molecular weight is 346 g/mol. The van der Waals surface area contributed by atoms with Gasteiger partial charge in [-0.25, -0.2) is 0 Å². The van der Waals surface area contributed by atoms with Gasteiger partial charge in [-0.2, -0.15) is 0 Å². The molecule has 0 spiro atoms. The van der Waals surface area contributed by atoms with Gasteiger partial charge >= 0.3 is 0 Å². The monoisotopic (exact) mass is 346 g/mol. The molecule has 0 unspecified atom stereocenters. The van der Waals surface area contributed by atoms with Crippen LogP contribution >= 0.6 is 0 Å². The second-order valence-electron chi connectivity index (χ2n) is 6.88. The summed E-state index contributed by atoms with van der Waals surface area (Å²) in [4.78, 5) is 16.7. The number of carbonyl (C=O) groups excluding carboxylic acids is 1. The molecule has 0 N–H and O–H groups in total. The molecule has 0 saturated carbocycles. The number of piperidine rings is 1. The predicted octanol–water partition coefficient (Wildman–Crippen LogP) is 3.20. The smallest absolute Gasteiger partial charge is 0.298 e. The van der Waals surface area contributed by atoms with Crippen LogP contribution in [0.2, 0.25) is 0 Å². The van der Waals surface area contributed by atoms with E-state index in [0.717, 1.165) is 44.5 Å². The Labute approximate surface area is 156 Å². The Kier molecular flexibility index (Phi) is 6.46. The van der Waals surface area contributed by atoms with Crippen LogP contribution in [0.15, 0.2) is 60.7 Å². The largest absolute Gasteiger partial charge is 0.330 e. The van der Waals surface area contributed by atoms with Crippen molar-refractivity contribution in [2.24, 2.45) is 0 Å². The molecule has 3 heteroatoms. The van der Waals surface area contributed by atoms with Gasteiger partial charge in [0.2, 0.25) is 0 Å². The average Bonchev–Trinajstić information content (AvgIpc) is 2.72. The summed E-state index contributed by atoms with van der Waals surface area (Å²) in [5, 5.41) is 0. The van der Waals surface area contributed by atoms with E-state index in [0.29, 0.717) is 6.04 Å². The van der Waals surface area contributed by atoms with Crippen LogP contribution in [-0.2, 0) is 11.2 Å². The zero-order valence-electron chi connectivity index (χ0n) is 15.4. The Bertz CT molecular complexity index is 761. The van der Waals surface area contributed by atoms with Crippen molar-refractivity contribution in [2.45, 2.75) is 25.3 Å². The van der Waals surface area contributed by atoms with Crippen molar-refractivity contribution in [2.75, 3.05) is 26.7 Å².